The summed E-state index contributed by atoms with van der Waals surface area (Å²) in [5.74, 6) is -1.15. The minimum Gasteiger partial charge on any atom is -0.458 e. The van der Waals surface area contributed by atoms with Crippen LogP contribution < -0.4 is 15.6 Å². The maximum absolute atomic E-state index is 15.6. The van der Waals surface area contributed by atoms with E-state index in [1.165, 1.54) is 48.8 Å². The van der Waals surface area contributed by atoms with E-state index in [1.807, 2.05) is 4.90 Å². The monoisotopic (exact) mass is 612 g/mol. The smallest absolute Gasteiger partial charge is 0.203 e. The molecule has 1 fully saturated rings. The molecule has 0 bridgehead atoms. The van der Waals surface area contributed by atoms with Gasteiger partial charge in [-0.2, -0.15) is 5.10 Å². The molecule has 3 aromatic carbocycles. The lowest BCUT2D eigenvalue weighted by Crippen LogP contribution is -2.36. The molecule has 3 aromatic heterocycles. The van der Waals surface area contributed by atoms with Crippen LogP contribution in [-0.4, -0.2) is 53.1 Å². The van der Waals surface area contributed by atoms with Crippen LogP contribution in [0.15, 0.2) is 76.2 Å². The van der Waals surface area contributed by atoms with E-state index in [1.54, 1.807) is 36.9 Å². The van der Waals surface area contributed by atoms with Gasteiger partial charge in [-0.05, 0) is 48.9 Å². The van der Waals surface area contributed by atoms with E-state index >= 15 is 4.39 Å². The summed E-state index contributed by atoms with van der Waals surface area (Å²) < 4.78 is 58.1. The van der Waals surface area contributed by atoms with Gasteiger partial charge >= 0.3 is 0 Å². The van der Waals surface area contributed by atoms with E-state index in [9.17, 15) is 13.6 Å². The summed E-state index contributed by atoms with van der Waals surface area (Å²) in [5.41, 5.74) is 1.33. The Labute approximate surface area is 254 Å². The first-order chi connectivity index (χ1) is 21.9. The molecule has 0 spiro atoms. The fourth-order valence-electron chi connectivity index (χ4n) is 5.89. The van der Waals surface area contributed by atoms with Crippen molar-refractivity contribution < 1.29 is 22.3 Å². The SMILES string of the molecule is CNc1ncnc2c1c(-c1ccc(N3CCOCC3)c(F)c1)nn2C(C)c1oc2cccc(F)c2c(=O)c1-c1cccc(F)c1. The normalized spacial score (nSPS) is 14.3. The molecule has 1 unspecified atom stereocenters. The van der Waals surface area contributed by atoms with E-state index in [4.69, 9.17) is 14.3 Å². The fourth-order valence-corrected chi connectivity index (χ4v) is 5.89. The van der Waals surface area contributed by atoms with Crippen LogP contribution in [0.2, 0.25) is 0 Å². The van der Waals surface area contributed by atoms with Crippen LogP contribution in [0.1, 0.15) is 18.7 Å². The number of rotatable bonds is 6. The number of ether oxygens (including phenoxy) is 1. The van der Waals surface area contributed by atoms with Gasteiger partial charge in [0.2, 0.25) is 5.43 Å². The van der Waals surface area contributed by atoms with E-state index in [0.717, 1.165) is 0 Å². The van der Waals surface area contributed by atoms with Gasteiger partial charge < -0.3 is 19.4 Å². The number of anilines is 2. The lowest BCUT2D eigenvalue weighted by molar-refractivity contribution is 0.122. The Morgan fingerprint density at radius 3 is 2.47 bits per heavy atom. The van der Waals surface area contributed by atoms with Crippen LogP contribution >= 0.6 is 0 Å². The minimum atomic E-state index is -0.808. The Hall–Kier alpha value is -5.23. The lowest BCUT2D eigenvalue weighted by atomic mass is 9.99. The number of aromatic nitrogens is 4. The van der Waals surface area contributed by atoms with Gasteiger partial charge in [-0.3, -0.25) is 4.79 Å². The molecule has 0 radical (unpaired) electrons. The highest BCUT2D eigenvalue weighted by molar-refractivity contribution is 5.99. The maximum Gasteiger partial charge on any atom is 0.203 e. The summed E-state index contributed by atoms with van der Waals surface area (Å²) in [6.45, 7) is 3.94. The Morgan fingerprint density at radius 1 is 0.911 bits per heavy atom. The zero-order chi connectivity index (χ0) is 31.2. The van der Waals surface area contributed by atoms with Crippen LogP contribution in [0.3, 0.4) is 0 Å². The maximum atomic E-state index is 15.6. The van der Waals surface area contributed by atoms with Gasteiger partial charge in [0.1, 0.15) is 58.1 Å². The Balaban J connectivity index is 1.44. The van der Waals surface area contributed by atoms with Crippen molar-refractivity contribution in [2.24, 2.45) is 0 Å². The Morgan fingerprint density at radius 2 is 1.71 bits per heavy atom. The second kappa shape index (κ2) is 11.4. The predicted octanol–water partition coefficient (Wildman–Crippen LogP) is 6.17. The highest BCUT2D eigenvalue weighted by Crippen LogP contribution is 2.38. The third kappa shape index (κ3) is 4.87. The minimum absolute atomic E-state index is 0.00592. The lowest BCUT2D eigenvalue weighted by Gasteiger charge is -2.29. The summed E-state index contributed by atoms with van der Waals surface area (Å²) in [6, 6.07) is 13.7. The highest BCUT2D eigenvalue weighted by atomic mass is 19.1. The van der Waals surface area contributed by atoms with E-state index in [-0.39, 0.29) is 27.9 Å². The molecule has 1 atom stereocenters. The summed E-state index contributed by atoms with van der Waals surface area (Å²) in [6.07, 6.45) is 1.37. The van der Waals surface area contributed by atoms with Gasteiger partial charge in [-0.1, -0.05) is 24.3 Å². The standard InChI is InChI=1S/C33H27F3N6O3/c1-18(31-26(19-5-3-6-21(34)15-19)30(43)27-22(35)7-4-8-25(27)45-31)42-33-28(32(37-2)38-17-39-33)29(40-42)20-9-10-24(23(36)16-20)41-11-13-44-14-12-41/h3-10,15-18H,11-14H2,1-2H3,(H,37,38,39). The largest absolute Gasteiger partial charge is 0.458 e. The van der Waals surface area contributed by atoms with E-state index in [0.29, 0.717) is 60.1 Å². The van der Waals surface area contributed by atoms with Crippen molar-refractivity contribution in [1.82, 2.24) is 19.7 Å². The van der Waals surface area contributed by atoms with E-state index < -0.39 is 28.9 Å². The van der Waals surface area contributed by atoms with Crippen LogP contribution in [-0.2, 0) is 4.74 Å². The molecular weight excluding hydrogens is 585 g/mol. The van der Waals surface area contributed by atoms with Crippen molar-refractivity contribution in [2.75, 3.05) is 43.6 Å². The number of hydrogen-bond donors (Lipinski definition) is 1. The molecule has 228 valence electrons. The molecular formula is C33H27F3N6O3. The first kappa shape index (κ1) is 28.5. The number of nitrogens with zero attached hydrogens (tertiary/aromatic N) is 5. The number of benzene rings is 3. The van der Waals surface area contributed by atoms with Gasteiger partial charge in [-0.25, -0.2) is 27.8 Å². The van der Waals surface area contributed by atoms with Gasteiger partial charge in [0.05, 0.1) is 29.9 Å². The molecule has 0 aliphatic carbocycles. The molecule has 1 N–H and O–H groups in total. The molecule has 1 aliphatic rings. The first-order valence-electron chi connectivity index (χ1n) is 14.4. The molecule has 12 heteroatoms. The molecule has 0 amide bonds. The zero-order valence-corrected chi connectivity index (χ0v) is 24.4. The molecule has 1 aliphatic heterocycles. The average molecular weight is 613 g/mol. The van der Waals surface area contributed by atoms with Crippen LogP contribution in [0.4, 0.5) is 24.7 Å². The molecule has 6 aromatic rings. The van der Waals surface area contributed by atoms with E-state index in [2.05, 4.69) is 15.3 Å². The summed E-state index contributed by atoms with van der Waals surface area (Å²) in [5, 5.41) is 8.21. The van der Waals surface area contributed by atoms with Crippen molar-refractivity contribution in [2.45, 2.75) is 13.0 Å². The van der Waals surface area contributed by atoms with Gasteiger partial charge in [0, 0.05) is 25.7 Å². The first-order valence-corrected chi connectivity index (χ1v) is 14.4. The third-order valence-corrected chi connectivity index (χ3v) is 8.05. The number of hydrogen-bond acceptors (Lipinski definition) is 8. The topological polar surface area (TPSA) is 98.3 Å². The molecule has 9 nitrogen and oxygen atoms in total. The zero-order valence-electron chi connectivity index (χ0n) is 24.4. The number of nitrogens with one attached hydrogen (secondary N) is 1. The van der Waals surface area contributed by atoms with Gasteiger partial charge in [0.15, 0.2) is 5.65 Å². The van der Waals surface area contributed by atoms with Crippen LogP contribution in [0.5, 0.6) is 0 Å². The quantitative estimate of drug-likeness (QED) is 0.239. The molecule has 7 rings (SSSR count). The van der Waals surface area contributed by atoms with Crippen LogP contribution in [0.25, 0.3) is 44.4 Å². The molecule has 4 heterocycles. The second-order valence-electron chi connectivity index (χ2n) is 10.7. The van der Waals surface area contributed by atoms with Crippen molar-refractivity contribution in [3.05, 3.63) is 100 Å². The Bertz CT molecular complexity index is 2140. The number of halogens is 3. The van der Waals surface area contributed by atoms with Crippen molar-refractivity contribution in [3.63, 3.8) is 0 Å². The van der Waals surface area contributed by atoms with Crippen LogP contribution in [0, 0.1) is 17.5 Å². The van der Waals surface area contributed by atoms with Gasteiger partial charge in [0.25, 0.3) is 0 Å². The van der Waals surface area contributed by atoms with Gasteiger partial charge in [-0.15, -0.1) is 0 Å². The van der Waals surface area contributed by atoms with Crippen molar-refractivity contribution in [3.8, 4) is 22.4 Å². The Kier molecular flexibility index (Phi) is 7.20. The fraction of sp³-hybridized carbons (Fsp3) is 0.212. The number of morpholine rings is 1. The number of fused-ring (bicyclic) bond motifs is 2. The predicted molar refractivity (Wildman–Crippen MR) is 165 cm³/mol. The third-order valence-electron chi connectivity index (χ3n) is 8.05. The van der Waals surface area contributed by atoms with Crippen molar-refractivity contribution >= 4 is 33.5 Å². The van der Waals surface area contributed by atoms with Crippen molar-refractivity contribution in [1.29, 1.82) is 0 Å². The summed E-state index contributed by atoms with van der Waals surface area (Å²) in [7, 11) is 1.70. The second-order valence-corrected chi connectivity index (χ2v) is 10.7. The average Bonchev–Trinajstić information content (AvgIpc) is 3.44. The summed E-state index contributed by atoms with van der Waals surface area (Å²) in [4.78, 5) is 24.7. The molecule has 45 heavy (non-hydrogen) atoms. The summed E-state index contributed by atoms with van der Waals surface area (Å²) >= 11 is 0. The molecule has 1 saturated heterocycles. The highest BCUT2D eigenvalue weighted by Gasteiger charge is 2.28. The molecule has 0 saturated carbocycles.